The molecule has 4 nitrogen and oxygen atoms in total. The zero-order chi connectivity index (χ0) is 20.5. The van der Waals surface area contributed by atoms with Crippen LogP contribution in [0.5, 0.6) is 5.75 Å². The van der Waals surface area contributed by atoms with Crippen molar-refractivity contribution >= 4 is 12.4 Å². The van der Waals surface area contributed by atoms with Gasteiger partial charge in [0.25, 0.3) is 0 Å². The van der Waals surface area contributed by atoms with E-state index < -0.39 is 6.10 Å². The molecule has 3 unspecified atom stereocenters. The van der Waals surface area contributed by atoms with Gasteiger partial charge in [0, 0.05) is 12.6 Å². The molecule has 3 rings (SSSR count). The summed E-state index contributed by atoms with van der Waals surface area (Å²) in [5.74, 6) is 1.10. The van der Waals surface area contributed by atoms with Gasteiger partial charge in [0.05, 0.1) is 6.10 Å². The van der Waals surface area contributed by atoms with E-state index in [1.807, 2.05) is 42.5 Å². The lowest BCUT2D eigenvalue weighted by Gasteiger charge is -2.26. The Hall–Kier alpha value is -1.59. The van der Waals surface area contributed by atoms with E-state index in [2.05, 4.69) is 24.4 Å². The van der Waals surface area contributed by atoms with Crippen LogP contribution in [0.3, 0.4) is 0 Å². The van der Waals surface area contributed by atoms with E-state index in [1.165, 1.54) is 24.8 Å². The Morgan fingerprint density at radius 2 is 1.63 bits per heavy atom. The van der Waals surface area contributed by atoms with Crippen LogP contribution in [-0.2, 0) is 6.42 Å². The van der Waals surface area contributed by atoms with Gasteiger partial charge in [-0.2, -0.15) is 0 Å². The Labute approximate surface area is 187 Å². The summed E-state index contributed by atoms with van der Waals surface area (Å²) in [6.07, 6.45) is 5.93. The van der Waals surface area contributed by atoms with Crippen LogP contribution in [-0.4, -0.2) is 35.5 Å². The summed E-state index contributed by atoms with van der Waals surface area (Å²) in [7, 11) is 0. The largest absolute Gasteiger partial charge is 0.491 e. The Morgan fingerprint density at radius 1 is 0.967 bits per heavy atom. The van der Waals surface area contributed by atoms with Gasteiger partial charge in [-0.05, 0) is 55.4 Å². The lowest BCUT2D eigenvalue weighted by molar-refractivity contribution is 0.0845. The van der Waals surface area contributed by atoms with Crippen LogP contribution >= 0.6 is 12.4 Å². The first-order chi connectivity index (χ1) is 14.1. The maximum atomic E-state index is 10.6. The number of aliphatic hydroxyl groups excluding tert-OH is 2. The summed E-state index contributed by atoms with van der Waals surface area (Å²) in [6, 6.07) is 18.3. The van der Waals surface area contributed by atoms with E-state index in [4.69, 9.17) is 4.74 Å². The summed E-state index contributed by atoms with van der Waals surface area (Å²) in [5.41, 5.74) is 2.25. The van der Waals surface area contributed by atoms with Crippen molar-refractivity contribution in [1.82, 2.24) is 5.32 Å². The number of rotatable bonds is 10. The molecule has 1 aliphatic carbocycles. The van der Waals surface area contributed by atoms with Crippen LogP contribution < -0.4 is 10.1 Å². The van der Waals surface area contributed by atoms with Gasteiger partial charge in [-0.1, -0.05) is 61.7 Å². The molecular formula is C25H36ClNO3. The number of hydrogen-bond donors (Lipinski definition) is 3. The van der Waals surface area contributed by atoms with Crippen molar-refractivity contribution in [2.45, 2.75) is 63.7 Å². The van der Waals surface area contributed by atoms with Gasteiger partial charge in [-0.3, -0.25) is 0 Å². The highest BCUT2D eigenvalue weighted by Gasteiger charge is 2.23. The van der Waals surface area contributed by atoms with E-state index in [-0.39, 0.29) is 31.2 Å². The molecule has 2 aromatic rings. The van der Waals surface area contributed by atoms with Crippen molar-refractivity contribution in [2.75, 3.05) is 13.2 Å². The van der Waals surface area contributed by atoms with Crippen molar-refractivity contribution in [3.8, 4) is 5.75 Å². The molecule has 2 aromatic carbocycles. The van der Waals surface area contributed by atoms with Crippen LogP contribution in [0.25, 0.3) is 0 Å². The van der Waals surface area contributed by atoms with Gasteiger partial charge < -0.3 is 20.3 Å². The summed E-state index contributed by atoms with van der Waals surface area (Å²) in [5, 5.41) is 24.2. The Morgan fingerprint density at radius 3 is 2.30 bits per heavy atom. The SMILES string of the molecule is CC(Cc1ccccc1)NCC(O)COc1ccc(C(O)C2CCCCC2)cc1.Cl. The normalized spacial score (nSPS) is 17.6. The second-order valence-electron chi connectivity index (χ2n) is 8.38. The monoisotopic (exact) mass is 433 g/mol. The highest BCUT2D eigenvalue weighted by atomic mass is 35.5. The predicted molar refractivity (Wildman–Crippen MR) is 124 cm³/mol. The minimum Gasteiger partial charge on any atom is -0.491 e. The smallest absolute Gasteiger partial charge is 0.119 e. The molecule has 0 heterocycles. The highest BCUT2D eigenvalue weighted by molar-refractivity contribution is 5.85. The first-order valence-electron chi connectivity index (χ1n) is 11.0. The Balaban J connectivity index is 0.00000320. The molecule has 1 aliphatic rings. The minimum atomic E-state index is -0.569. The van der Waals surface area contributed by atoms with Gasteiger partial charge in [-0.25, -0.2) is 0 Å². The summed E-state index contributed by atoms with van der Waals surface area (Å²) in [6.45, 7) is 2.86. The third kappa shape index (κ3) is 7.92. The molecule has 0 amide bonds. The number of nitrogens with one attached hydrogen (secondary N) is 1. The van der Waals surface area contributed by atoms with Crippen molar-refractivity contribution in [1.29, 1.82) is 0 Å². The van der Waals surface area contributed by atoms with Gasteiger partial charge in [-0.15, -0.1) is 12.4 Å². The molecule has 0 aromatic heterocycles. The fourth-order valence-corrected chi connectivity index (χ4v) is 4.11. The predicted octanol–water partition coefficient (Wildman–Crippen LogP) is 4.68. The van der Waals surface area contributed by atoms with Crippen LogP contribution in [0.15, 0.2) is 54.6 Å². The van der Waals surface area contributed by atoms with Gasteiger partial charge in [0.2, 0.25) is 0 Å². The molecule has 0 spiro atoms. The zero-order valence-corrected chi connectivity index (χ0v) is 18.7. The average Bonchev–Trinajstić information content (AvgIpc) is 2.77. The lowest BCUT2D eigenvalue weighted by Crippen LogP contribution is -2.37. The molecule has 3 atom stereocenters. The van der Waals surface area contributed by atoms with Crippen molar-refractivity contribution in [3.05, 3.63) is 65.7 Å². The first kappa shape index (κ1) is 24.7. The molecule has 0 radical (unpaired) electrons. The van der Waals surface area contributed by atoms with Crippen LogP contribution in [0, 0.1) is 5.92 Å². The number of aliphatic hydroxyl groups is 2. The topological polar surface area (TPSA) is 61.7 Å². The zero-order valence-electron chi connectivity index (χ0n) is 17.9. The maximum Gasteiger partial charge on any atom is 0.119 e. The van der Waals surface area contributed by atoms with Crippen molar-refractivity contribution in [3.63, 3.8) is 0 Å². The molecule has 0 bridgehead atoms. The van der Waals surface area contributed by atoms with Crippen molar-refractivity contribution in [2.24, 2.45) is 5.92 Å². The third-order valence-electron chi connectivity index (χ3n) is 5.85. The summed E-state index contributed by atoms with van der Waals surface area (Å²) >= 11 is 0. The third-order valence-corrected chi connectivity index (χ3v) is 5.85. The van der Waals surface area contributed by atoms with Gasteiger partial charge in [0.15, 0.2) is 0 Å². The molecule has 0 aliphatic heterocycles. The van der Waals surface area contributed by atoms with E-state index >= 15 is 0 Å². The van der Waals surface area contributed by atoms with Gasteiger partial charge >= 0.3 is 0 Å². The Bertz CT molecular complexity index is 704. The maximum absolute atomic E-state index is 10.6. The lowest BCUT2D eigenvalue weighted by atomic mass is 9.83. The van der Waals surface area contributed by atoms with Crippen LogP contribution in [0.4, 0.5) is 0 Å². The molecule has 3 N–H and O–H groups in total. The van der Waals surface area contributed by atoms with E-state index in [9.17, 15) is 10.2 Å². The van der Waals surface area contributed by atoms with E-state index in [0.717, 1.165) is 30.6 Å². The fraction of sp³-hybridized carbons (Fsp3) is 0.520. The molecule has 166 valence electrons. The summed E-state index contributed by atoms with van der Waals surface area (Å²) in [4.78, 5) is 0. The molecular weight excluding hydrogens is 398 g/mol. The van der Waals surface area contributed by atoms with E-state index in [0.29, 0.717) is 12.5 Å². The second-order valence-corrected chi connectivity index (χ2v) is 8.38. The number of benzene rings is 2. The molecule has 0 saturated heterocycles. The fourth-order valence-electron chi connectivity index (χ4n) is 4.11. The van der Waals surface area contributed by atoms with Crippen molar-refractivity contribution < 1.29 is 14.9 Å². The quantitative estimate of drug-likeness (QED) is 0.509. The molecule has 5 heteroatoms. The average molecular weight is 434 g/mol. The molecule has 30 heavy (non-hydrogen) atoms. The number of hydrogen-bond acceptors (Lipinski definition) is 4. The summed E-state index contributed by atoms with van der Waals surface area (Å²) < 4.78 is 5.73. The second kappa shape index (κ2) is 13.0. The van der Waals surface area contributed by atoms with Crippen LogP contribution in [0.1, 0.15) is 56.3 Å². The van der Waals surface area contributed by atoms with E-state index in [1.54, 1.807) is 0 Å². The highest BCUT2D eigenvalue weighted by Crippen LogP contribution is 2.34. The molecule has 1 saturated carbocycles. The van der Waals surface area contributed by atoms with Gasteiger partial charge in [0.1, 0.15) is 18.5 Å². The number of ether oxygens (including phenoxy) is 1. The standard InChI is InChI=1S/C25H35NO3.ClH/c1-19(16-20-8-4-2-5-9-20)26-17-23(27)18-29-24-14-12-22(13-15-24)25(28)21-10-6-3-7-11-21;/h2,4-5,8-9,12-15,19,21,23,25-28H,3,6-7,10-11,16-18H2,1H3;1H. The van der Waals surface area contributed by atoms with Crippen LogP contribution in [0.2, 0.25) is 0 Å². The minimum absolute atomic E-state index is 0. The molecule has 1 fully saturated rings. The first-order valence-corrected chi connectivity index (χ1v) is 11.0. The Kier molecular flexibility index (Phi) is 10.7. The number of halogens is 1.